The Labute approximate surface area is 144 Å². The van der Waals surface area contributed by atoms with Crippen molar-refractivity contribution in [2.75, 3.05) is 19.6 Å². The highest BCUT2D eigenvalue weighted by Crippen LogP contribution is 2.07. The average molecular weight is 328 g/mol. The van der Waals surface area contributed by atoms with Crippen molar-refractivity contribution >= 4 is 5.91 Å². The van der Waals surface area contributed by atoms with Crippen molar-refractivity contribution in [1.29, 1.82) is 0 Å². The minimum atomic E-state index is 0.217. The molecule has 0 saturated heterocycles. The number of hydrogen-bond acceptors (Lipinski definition) is 3. The lowest BCUT2D eigenvalue weighted by atomic mass is 10.1. The second kappa shape index (κ2) is 16.3. The van der Waals surface area contributed by atoms with E-state index in [4.69, 9.17) is 0 Å². The van der Waals surface area contributed by atoms with Crippen LogP contribution in [0.5, 0.6) is 0 Å². The highest BCUT2D eigenvalue weighted by molar-refractivity contribution is 5.75. The molecule has 4 heteroatoms. The van der Waals surface area contributed by atoms with E-state index in [9.17, 15) is 4.79 Å². The van der Waals surface area contributed by atoms with Gasteiger partial charge in [0, 0.05) is 25.0 Å². The van der Waals surface area contributed by atoms with Gasteiger partial charge in [-0.15, -0.1) is 0 Å². The summed E-state index contributed by atoms with van der Waals surface area (Å²) in [7, 11) is 0. The summed E-state index contributed by atoms with van der Waals surface area (Å²) in [4.78, 5) is 11.7. The van der Waals surface area contributed by atoms with Crippen LogP contribution >= 0.6 is 0 Å². The molecule has 138 valence electrons. The van der Waals surface area contributed by atoms with Gasteiger partial charge in [-0.25, -0.2) is 0 Å². The zero-order chi connectivity index (χ0) is 17.3. The van der Waals surface area contributed by atoms with Crippen LogP contribution in [0, 0.1) is 0 Å². The maximum Gasteiger partial charge on any atom is 0.219 e. The molecular formula is C19H41N3O. The van der Waals surface area contributed by atoms with Gasteiger partial charge in [0.05, 0.1) is 0 Å². The van der Waals surface area contributed by atoms with E-state index in [1.54, 1.807) is 0 Å². The Morgan fingerprint density at radius 1 is 0.783 bits per heavy atom. The van der Waals surface area contributed by atoms with Gasteiger partial charge in [0.1, 0.15) is 0 Å². The van der Waals surface area contributed by atoms with Crippen molar-refractivity contribution in [3.63, 3.8) is 0 Å². The third-order valence-corrected chi connectivity index (χ3v) is 4.16. The molecule has 3 N–H and O–H groups in total. The summed E-state index contributed by atoms with van der Waals surface area (Å²) in [6.45, 7) is 11.7. The van der Waals surface area contributed by atoms with Gasteiger partial charge < -0.3 is 16.0 Å². The molecule has 0 spiro atoms. The van der Waals surface area contributed by atoms with Crippen LogP contribution in [0.15, 0.2) is 0 Å². The van der Waals surface area contributed by atoms with Gasteiger partial charge in [-0.2, -0.15) is 0 Å². The van der Waals surface area contributed by atoms with Gasteiger partial charge in [-0.3, -0.25) is 4.79 Å². The number of carbonyl (C=O) groups is 1. The lowest BCUT2D eigenvalue weighted by molar-refractivity contribution is -0.121. The van der Waals surface area contributed by atoms with Crippen molar-refractivity contribution < 1.29 is 4.79 Å². The van der Waals surface area contributed by atoms with Crippen LogP contribution in [0.1, 0.15) is 85.5 Å². The molecule has 0 saturated carbocycles. The molecular weight excluding hydrogens is 286 g/mol. The monoisotopic (exact) mass is 327 g/mol. The predicted octanol–water partition coefficient (Wildman–Crippen LogP) is 3.61. The molecule has 0 fully saturated rings. The van der Waals surface area contributed by atoms with E-state index in [-0.39, 0.29) is 5.91 Å². The molecule has 0 aliphatic heterocycles. The molecule has 23 heavy (non-hydrogen) atoms. The molecule has 1 atom stereocenters. The van der Waals surface area contributed by atoms with Crippen LogP contribution in [0.3, 0.4) is 0 Å². The number of rotatable bonds is 16. The molecule has 0 aliphatic carbocycles. The van der Waals surface area contributed by atoms with Crippen LogP contribution in [0.2, 0.25) is 0 Å². The average Bonchev–Trinajstić information content (AvgIpc) is 2.52. The van der Waals surface area contributed by atoms with Crippen molar-refractivity contribution in [1.82, 2.24) is 16.0 Å². The van der Waals surface area contributed by atoms with Crippen LogP contribution in [-0.2, 0) is 4.79 Å². The summed E-state index contributed by atoms with van der Waals surface area (Å²) in [5, 5.41) is 9.90. The van der Waals surface area contributed by atoms with Gasteiger partial charge in [-0.05, 0) is 45.7 Å². The van der Waals surface area contributed by atoms with E-state index in [1.807, 2.05) is 0 Å². The molecule has 1 unspecified atom stereocenters. The van der Waals surface area contributed by atoms with Gasteiger partial charge >= 0.3 is 0 Å². The smallest absolute Gasteiger partial charge is 0.219 e. The van der Waals surface area contributed by atoms with Crippen molar-refractivity contribution in [2.45, 2.75) is 97.6 Å². The Morgan fingerprint density at radius 3 is 2.04 bits per heavy atom. The Hall–Kier alpha value is -0.610. The zero-order valence-corrected chi connectivity index (χ0v) is 16.0. The normalized spacial score (nSPS) is 12.6. The summed E-state index contributed by atoms with van der Waals surface area (Å²) in [5.41, 5.74) is 0. The molecule has 0 aliphatic rings. The minimum absolute atomic E-state index is 0.217. The Morgan fingerprint density at radius 2 is 1.39 bits per heavy atom. The molecule has 0 rings (SSSR count). The first kappa shape index (κ1) is 22.4. The Bertz CT molecular complexity index is 269. The van der Waals surface area contributed by atoms with Crippen molar-refractivity contribution in [3.8, 4) is 0 Å². The van der Waals surface area contributed by atoms with Crippen molar-refractivity contribution in [2.24, 2.45) is 0 Å². The Kier molecular flexibility index (Phi) is 15.8. The van der Waals surface area contributed by atoms with Crippen LogP contribution in [-0.4, -0.2) is 37.6 Å². The Balaban J connectivity index is 3.21. The second-order valence-electron chi connectivity index (χ2n) is 6.95. The van der Waals surface area contributed by atoms with Crippen LogP contribution in [0.25, 0.3) is 0 Å². The maximum atomic E-state index is 11.7. The highest BCUT2D eigenvalue weighted by atomic mass is 16.1. The minimum Gasteiger partial charge on any atom is -0.356 e. The molecule has 0 heterocycles. The molecule has 4 nitrogen and oxygen atoms in total. The maximum absolute atomic E-state index is 11.7. The number of carbonyl (C=O) groups excluding carboxylic acids is 1. The van der Waals surface area contributed by atoms with Crippen LogP contribution in [0.4, 0.5) is 0 Å². The predicted molar refractivity (Wildman–Crippen MR) is 101 cm³/mol. The number of hydrogen-bond donors (Lipinski definition) is 3. The molecule has 0 radical (unpaired) electrons. The van der Waals surface area contributed by atoms with E-state index in [2.05, 4.69) is 43.6 Å². The third kappa shape index (κ3) is 17.6. The molecule has 0 aromatic rings. The fraction of sp³-hybridized carbons (Fsp3) is 0.947. The van der Waals surface area contributed by atoms with Gasteiger partial charge in [0.2, 0.25) is 5.91 Å². The molecule has 0 aromatic heterocycles. The largest absolute Gasteiger partial charge is 0.356 e. The van der Waals surface area contributed by atoms with Crippen LogP contribution < -0.4 is 16.0 Å². The highest BCUT2D eigenvalue weighted by Gasteiger charge is 2.01. The fourth-order valence-corrected chi connectivity index (χ4v) is 2.41. The first-order valence-corrected chi connectivity index (χ1v) is 9.79. The van der Waals surface area contributed by atoms with Gasteiger partial charge in [0.15, 0.2) is 0 Å². The molecule has 0 bridgehead atoms. The van der Waals surface area contributed by atoms with E-state index in [1.165, 1.54) is 32.1 Å². The number of amides is 1. The van der Waals surface area contributed by atoms with Gasteiger partial charge in [0.25, 0.3) is 0 Å². The SMILES string of the molecule is CCC(C)NCCCNC(=O)CCCCCCCCNC(C)C. The van der Waals surface area contributed by atoms with E-state index in [0.29, 0.717) is 18.5 Å². The second-order valence-corrected chi connectivity index (χ2v) is 6.95. The summed E-state index contributed by atoms with van der Waals surface area (Å²) >= 11 is 0. The summed E-state index contributed by atoms with van der Waals surface area (Å²) in [6.07, 6.45) is 10.2. The standard InChI is InChI=1S/C19H41N3O/c1-5-18(4)21-15-12-16-22-19(23)13-10-8-6-7-9-11-14-20-17(2)3/h17-18,20-21H,5-16H2,1-4H3,(H,22,23). The van der Waals surface area contributed by atoms with Crippen molar-refractivity contribution in [3.05, 3.63) is 0 Å². The summed E-state index contributed by atoms with van der Waals surface area (Å²) in [5.74, 6) is 0.217. The number of nitrogens with one attached hydrogen (secondary N) is 3. The topological polar surface area (TPSA) is 53.2 Å². The number of unbranched alkanes of at least 4 members (excludes halogenated alkanes) is 5. The summed E-state index contributed by atoms with van der Waals surface area (Å²) < 4.78 is 0. The van der Waals surface area contributed by atoms with Gasteiger partial charge in [-0.1, -0.05) is 46.5 Å². The molecule has 1 amide bonds. The summed E-state index contributed by atoms with van der Waals surface area (Å²) in [6, 6.07) is 1.17. The lowest BCUT2D eigenvalue weighted by Crippen LogP contribution is -2.30. The lowest BCUT2D eigenvalue weighted by Gasteiger charge is -2.11. The zero-order valence-electron chi connectivity index (χ0n) is 16.0. The molecule has 0 aromatic carbocycles. The van der Waals surface area contributed by atoms with E-state index < -0.39 is 0 Å². The fourth-order valence-electron chi connectivity index (χ4n) is 2.41. The van der Waals surface area contributed by atoms with E-state index in [0.717, 1.165) is 38.9 Å². The first-order valence-electron chi connectivity index (χ1n) is 9.79. The first-order chi connectivity index (χ1) is 11.1. The quantitative estimate of drug-likeness (QED) is 0.380. The van der Waals surface area contributed by atoms with E-state index >= 15 is 0 Å². The third-order valence-electron chi connectivity index (χ3n) is 4.16.